The van der Waals surface area contributed by atoms with Crippen LogP contribution in [-0.4, -0.2) is 33.3 Å². The highest BCUT2D eigenvalue weighted by atomic mass is 35.5. The number of nitrogens with zero attached hydrogens (tertiary/aromatic N) is 3. The number of amides is 1. The minimum atomic E-state index is 0.0545. The van der Waals surface area contributed by atoms with Gasteiger partial charge in [0.25, 0.3) is 0 Å². The van der Waals surface area contributed by atoms with Gasteiger partial charge in [0.15, 0.2) is 5.15 Å². The van der Waals surface area contributed by atoms with E-state index in [1.165, 1.54) is 12.8 Å². The molecule has 1 amide bonds. The fourth-order valence-electron chi connectivity index (χ4n) is 2.68. The Balaban J connectivity index is 1.80. The van der Waals surface area contributed by atoms with E-state index in [1.807, 2.05) is 33.7 Å². The van der Waals surface area contributed by atoms with Crippen molar-refractivity contribution in [3.63, 3.8) is 0 Å². The van der Waals surface area contributed by atoms with E-state index < -0.39 is 0 Å². The largest absolute Gasteiger partial charge is 0.339 e. The fourth-order valence-corrected chi connectivity index (χ4v) is 2.92. The van der Waals surface area contributed by atoms with Crippen molar-refractivity contribution in [1.82, 2.24) is 14.3 Å². The first kappa shape index (κ1) is 14.1. The first-order chi connectivity index (χ1) is 10.3. The molecule has 1 saturated heterocycles. The summed E-state index contributed by atoms with van der Waals surface area (Å²) in [5, 5.41) is 0.418. The van der Waals surface area contributed by atoms with Gasteiger partial charge in [0.1, 0.15) is 5.65 Å². The summed E-state index contributed by atoms with van der Waals surface area (Å²) in [6, 6.07) is 5.72. The van der Waals surface area contributed by atoms with Crippen molar-refractivity contribution in [1.29, 1.82) is 0 Å². The highest BCUT2D eigenvalue weighted by Crippen LogP contribution is 2.19. The molecule has 3 heterocycles. The predicted octanol–water partition coefficient (Wildman–Crippen LogP) is 3.40. The Morgan fingerprint density at radius 2 is 1.95 bits per heavy atom. The Morgan fingerprint density at radius 3 is 2.71 bits per heavy atom. The van der Waals surface area contributed by atoms with Crippen LogP contribution >= 0.6 is 11.6 Å². The van der Waals surface area contributed by atoms with Gasteiger partial charge in [-0.15, -0.1) is 0 Å². The molecule has 0 bridgehead atoms. The van der Waals surface area contributed by atoms with E-state index in [0.29, 0.717) is 5.15 Å². The number of hydrogen-bond acceptors (Lipinski definition) is 2. The lowest BCUT2D eigenvalue weighted by Crippen LogP contribution is -2.30. The highest BCUT2D eigenvalue weighted by molar-refractivity contribution is 6.31. The van der Waals surface area contributed by atoms with Crippen LogP contribution in [0.4, 0.5) is 0 Å². The molecule has 0 aromatic carbocycles. The van der Waals surface area contributed by atoms with E-state index in [1.54, 1.807) is 12.2 Å². The van der Waals surface area contributed by atoms with Crippen LogP contribution in [0.2, 0.25) is 5.15 Å². The van der Waals surface area contributed by atoms with Crippen molar-refractivity contribution in [3.8, 4) is 0 Å². The molecule has 0 unspecified atom stereocenters. The summed E-state index contributed by atoms with van der Waals surface area (Å²) in [7, 11) is 0. The van der Waals surface area contributed by atoms with Gasteiger partial charge in [0, 0.05) is 25.4 Å². The van der Waals surface area contributed by atoms with Crippen LogP contribution in [0.5, 0.6) is 0 Å². The van der Waals surface area contributed by atoms with Gasteiger partial charge in [0.05, 0.1) is 5.69 Å². The Bertz CT molecular complexity index is 669. The molecule has 5 heteroatoms. The number of fused-ring (bicyclic) bond motifs is 1. The van der Waals surface area contributed by atoms with Gasteiger partial charge in [-0.2, -0.15) is 0 Å². The minimum absolute atomic E-state index is 0.0545. The molecule has 1 aliphatic rings. The van der Waals surface area contributed by atoms with Gasteiger partial charge in [-0.25, -0.2) is 4.98 Å². The lowest BCUT2D eigenvalue weighted by molar-refractivity contribution is -0.125. The second-order valence-electron chi connectivity index (χ2n) is 5.29. The smallest absolute Gasteiger partial charge is 0.246 e. The quantitative estimate of drug-likeness (QED) is 0.797. The zero-order chi connectivity index (χ0) is 14.7. The van der Waals surface area contributed by atoms with Crippen molar-refractivity contribution in [2.75, 3.05) is 13.1 Å². The number of pyridine rings is 1. The summed E-state index contributed by atoms with van der Waals surface area (Å²) in [6.45, 7) is 1.70. The summed E-state index contributed by atoms with van der Waals surface area (Å²) in [5.74, 6) is 0.0545. The average Bonchev–Trinajstić information content (AvgIpc) is 2.68. The second-order valence-corrected chi connectivity index (χ2v) is 5.65. The van der Waals surface area contributed by atoms with E-state index in [4.69, 9.17) is 11.6 Å². The number of rotatable bonds is 2. The van der Waals surface area contributed by atoms with Gasteiger partial charge in [-0.1, -0.05) is 30.5 Å². The Morgan fingerprint density at radius 1 is 1.19 bits per heavy atom. The van der Waals surface area contributed by atoms with Crippen LogP contribution in [-0.2, 0) is 4.79 Å². The Hall–Kier alpha value is -1.81. The van der Waals surface area contributed by atoms with Gasteiger partial charge < -0.3 is 4.90 Å². The van der Waals surface area contributed by atoms with Gasteiger partial charge in [-0.05, 0) is 31.1 Å². The molecule has 0 radical (unpaired) electrons. The van der Waals surface area contributed by atoms with Crippen LogP contribution in [0.25, 0.3) is 11.7 Å². The topological polar surface area (TPSA) is 37.6 Å². The van der Waals surface area contributed by atoms with Gasteiger partial charge >= 0.3 is 0 Å². The number of likely N-dealkylation sites (tertiary alicyclic amines) is 1. The van der Waals surface area contributed by atoms with E-state index in [2.05, 4.69) is 4.98 Å². The number of halogens is 1. The third-order valence-corrected chi connectivity index (χ3v) is 4.10. The van der Waals surface area contributed by atoms with E-state index >= 15 is 0 Å². The molecule has 2 aromatic heterocycles. The summed E-state index contributed by atoms with van der Waals surface area (Å²) >= 11 is 6.15. The predicted molar refractivity (Wildman–Crippen MR) is 84.3 cm³/mol. The summed E-state index contributed by atoms with van der Waals surface area (Å²) < 4.78 is 1.88. The normalized spacial score (nSPS) is 16.5. The van der Waals surface area contributed by atoms with Crippen LogP contribution in [0.3, 0.4) is 0 Å². The number of carbonyl (C=O) groups is 1. The number of aromatic nitrogens is 2. The molecular formula is C16H18ClN3O. The number of imidazole rings is 1. The zero-order valence-corrected chi connectivity index (χ0v) is 12.6. The number of carbonyl (C=O) groups excluding carboxylic acids is 1. The Labute approximate surface area is 129 Å². The fraction of sp³-hybridized carbons (Fsp3) is 0.375. The molecular weight excluding hydrogens is 286 g/mol. The maximum Gasteiger partial charge on any atom is 0.246 e. The average molecular weight is 304 g/mol. The summed E-state index contributed by atoms with van der Waals surface area (Å²) in [4.78, 5) is 18.4. The molecule has 4 nitrogen and oxygen atoms in total. The third-order valence-electron chi connectivity index (χ3n) is 3.82. The first-order valence-corrected chi connectivity index (χ1v) is 7.73. The number of hydrogen-bond donors (Lipinski definition) is 0. The second kappa shape index (κ2) is 6.31. The molecule has 3 rings (SSSR count). The van der Waals surface area contributed by atoms with Gasteiger partial charge in [-0.3, -0.25) is 9.20 Å². The molecule has 0 spiro atoms. The molecule has 1 fully saturated rings. The van der Waals surface area contributed by atoms with Crippen molar-refractivity contribution in [2.24, 2.45) is 0 Å². The van der Waals surface area contributed by atoms with Crippen LogP contribution in [0.1, 0.15) is 31.4 Å². The van der Waals surface area contributed by atoms with Crippen molar-refractivity contribution in [2.45, 2.75) is 25.7 Å². The molecule has 110 valence electrons. The van der Waals surface area contributed by atoms with Crippen molar-refractivity contribution >= 4 is 29.2 Å². The molecule has 1 aliphatic heterocycles. The van der Waals surface area contributed by atoms with Crippen LogP contribution in [0, 0.1) is 0 Å². The lowest BCUT2D eigenvalue weighted by atomic mass is 10.2. The SMILES string of the molecule is O=C(C=Cc1c(Cl)nc2ccccn12)N1CCCCCC1. The first-order valence-electron chi connectivity index (χ1n) is 7.35. The van der Waals surface area contributed by atoms with E-state index in [-0.39, 0.29) is 5.91 Å². The maximum absolute atomic E-state index is 12.3. The summed E-state index contributed by atoms with van der Waals surface area (Å²) in [6.07, 6.45) is 9.87. The maximum atomic E-state index is 12.3. The molecule has 0 N–H and O–H groups in total. The van der Waals surface area contributed by atoms with E-state index in [9.17, 15) is 4.79 Å². The minimum Gasteiger partial charge on any atom is -0.339 e. The van der Waals surface area contributed by atoms with Crippen LogP contribution < -0.4 is 0 Å². The van der Waals surface area contributed by atoms with Crippen molar-refractivity contribution < 1.29 is 4.79 Å². The molecule has 0 aliphatic carbocycles. The zero-order valence-electron chi connectivity index (χ0n) is 11.8. The van der Waals surface area contributed by atoms with Crippen molar-refractivity contribution in [3.05, 3.63) is 41.3 Å². The molecule has 0 atom stereocenters. The monoisotopic (exact) mass is 303 g/mol. The Kier molecular flexibility index (Phi) is 4.25. The molecule has 21 heavy (non-hydrogen) atoms. The third kappa shape index (κ3) is 3.10. The standard InChI is InChI=1S/C16H18ClN3O/c17-16-13(20-12-6-3-7-14(20)18-16)8-9-15(21)19-10-4-1-2-5-11-19/h3,6-9,12H,1-2,4-5,10-11H2. The van der Waals surface area contributed by atoms with Gasteiger partial charge in [0.2, 0.25) is 5.91 Å². The van der Waals surface area contributed by atoms with Crippen LogP contribution in [0.15, 0.2) is 30.5 Å². The lowest BCUT2D eigenvalue weighted by Gasteiger charge is -2.17. The highest BCUT2D eigenvalue weighted by Gasteiger charge is 2.13. The van der Waals surface area contributed by atoms with E-state index in [0.717, 1.165) is 37.3 Å². The molecule has 2 aromatic rings. The molecule has 0 saturated carbocycles. The summed E-state index contributed by atoms with van der Waals surface area (Å²) in [5.41, 5.74) is 1.53.